The van der Waals surface area contributed by atoms with E-state index in [1.54, 1.807) is 19.1 Å². The van der Waals surface area contributed by atoms with Crippen LogP contribution >= 0.6 is 0 Å². The lowest BCUT2D eigenvalue weighted by atomic mass is 10.1. The van der Waals surface area contributed by atoms with Gasteiger partial charge in [0.25, 0.3) is 11.8 Å². The first kappa shape index (κ1) is 19.3. The summed E-state index contributed by atoms with van der Waals surface area (Å²) in [5.41, 5.74) is 3.33. The summed E-state index contributed by atoms with van der Waals surface area (Å²) in [5, 5.41) is 16.6. The predicted octanol–water partition coefficient (Wildman–Crippen LogP) is 2.54. The summed E-state index contributed by atoms with van der Waals surface area (Å²) in [6.07, 6.45) is 0.567. The highest BCUT2D eigenvalue weighted by atomic mass is 16.5. The van der Waals surface area contributed by atoms with Crippen molar-refractivity contribution in [2.45, 2.75) is 32.5 Å². The van der Waals surface area contributed by atoms with Crippen molar-refractivity contribution >= 4 is 5.91 Å². The Morgan fingerprint density at radius 3 is 2.69 bits per heavy atom. The maximum Gasteiger partial charge on any atom is 0.258 e. The van der Waals surface area contributed by atoms with Crippen LogP contribution < -0.4 is 5.32 Å². The van der Waals surface area contributed by atoms with Gasteiger partial charge in [-0.3, -0.25) is 9.69 Å². The lowest BCUT2D eigenvalue weighted by Gasteiger charge is -2.18. The number of hydrogen-bond acceptors (Lipinski definition) is 6. The van der Waals surface area contributed by atoms with Crippen molar-refractivity contribution in [2.24, 2.45) is 0 Å². The molecule has 1 atom stereocenters. The summed E-state index contributed by atoms with van der Waals surface area (Å²) in [6, 6.07) is 15.3. The number of aromatic nitrogens is 2. The molecule has 1 unspecified atom stereocenters. The quantitative estimate of drug-likeness (QED) is 0.670. The van der Waals surface area contributed by atoms with Crippen LogP contribution in [0.1, 0.15) is 33.7 Å². The van der Waals surface area contributed by atoms with Crippen LogP contribution in [0.2, 0.25) is 0 Å². The van der Waals surface area contributed by atoms with Gasteiger partial charge >= 0.3 is 0 Å². The minimum absolute atomic E-state index is 0.192. The van der Waals surface area contributed by atoms with Gasteiger partial charge in [-0.1, -0.05) is 41.6 Å². The fourth-order valence-corrected chi connectivity index (χ4v) is 3.63. The predicted molar refractivity (Wildman–Crippen MR) is 108 cm³/mol. The molecule has 0 saturated carbocycles. The summed E-state index contributed by atoms with van der Waals surface area (Å²) in [7, 11) is 0. The average Bonchev–Trinajstić information content (AvgIpc) is 3.35. The topological polar surface area (TPSA) is 91.5 Å². The lowest BCUT2D eigenvalue weighted by molar-refractivity contribution is 0.0951. The Morgan fingerprint density at radius 1 is 1.21 bits per heavy atom. The second kappa shape index (κ2) is 8.55. The molecule has 7 heteroatoms. The molecule has 1 aliphatic rings. The maximum atomic E-state index is 12.9. The number of likely N-dealkylation sites (tertiary alicyclic amines) is 1. The molecular formula is C22H24N4O3. The highest BCUT2D eigenvalue weighted by molar-refractivity contribution is 5.99. The molecule has 1 aliphatic heterocycles. The minimum Gasteiger partial charge on any atom is -0.392 e. The van der Waals surface area contributed by atoms with Crippen molar-refractivity contribution in [3.05, 3.63) is 71.0 Å². The molecular weight excluding hydrogens is 368 g/mol. The van der Waals surface area contributed by atoms with Crippen LogP contribution in [0.15, 0.2) is 53.1 Å². The molecule has 2 N–H and O–H groups in total. The summed E-state index contributed by atoms with van der Waals surface area (Å²) in [6.45, 7) is 4.51. The van der Waals surface area contributed by atoms with Gasteiger partial charge in [-0.05, 0) is 36.6 Å². The fraction of sp³-hybridized carbons (Fsp3) is 0.318. The molecule has 1 saturated heterocycles. The van der Waals surface area contributed by atoms with E-state index in [4.69, 9.17) is 4.52 Å². The Morgan fingerprint density at radius 2 is 1.97 bits per heavy atom. The van der Waals surface area contributed by atoms with Crippen LogP contribution in [-0.2, 0) is 13.1 Å². The van der Waals surface area contributed by atoms with Crippen molar-refractivity contribution in [1.82, 2.24) is 20.4 Å². The standard InChI is InChI=1S/C22H24N4O3/c1-15-24-22(29-25-15)20-9-5-4-8-19(20)21(28)23-12-16-6-2-3-7-17(16)13-26-11-10-18(27)14-26/h2-9,18,27H,10-14H2,1H3,(H,23,28). The molecule has 3 aromatic rings. The summed E-state index contributed by atoms with van der Waals surface area (Å²) < 4.78 is 5.24. The van der Waals surface area contributed by atoms with E-state index in [2.05, 4.69) is 26.4 Å². The van der Waals surface area contributed by atoms with E-state index < -0.39 is 0 Å². The Bertz CT molecular complexity index is 1000. The molecule has 29 heavy (non-hydrogen) atoms. The van der Waals surface area contributed by atoms with Crippen molar-refractivity contribution in [1.29, 1.82) is 0 Å². The van der Waals surface area contributed by atoms with Crippen molar-refractivity contribution < 1.29 is 14.4 Å². The molecule has 0 spiro atoms. The van der Waals surface area contributed by atoms with E-state index in [1.165, 1.54) is 0 Å². The molecule has 4 rings (SSSR count). The van der Waals surface area contributed by atoms with Gasteiger partial charge in [0.05, 0.1) is 17.2 Å². The van der Waals surface area contributed by atoms with Crippen LogP contribution in [0.4, 0.5) is 0 Å². The van der Waals surface area contributed by atoms with E-state index in [-0.39, 0.29) is 12.0 Å². The van der Waals surface area contributed by atoms with Gasteiger partial charge in [0.15, 0.2) is 5.82 Å². The summed E-state index contributed by atoms with van der Waals surface area (Å²) in [5.74, 6) is 0.667. The number of hydrogen-bond donors (Lipinski definition) is 2. The molecule has 1 fully saturated rings. The number of rotatable bonds is 6. The number of nitrogens with one attached hydrogen (secondary N) is 1. The zero-order valence-electron chi connectivity index (χ0n) is 16.3. The number of aryl methyl sites for hydroxylation is 1. The van der Waals surface area contributed by atoms with Crippen LogP contribution in [0.5, 0.6) is 0 Å². The molecule has 7 nitrogen and oxygen atoms in total. The molecule has 1 amide bonds. The molecule has 150 valence electrons. The van der Waals surface area contributed by atoms with Gasteiger partial charge in [-0.15, -0.1) is 0 Å². The van der Waals surface area contributed by atoms with Gasteiger partial charge < -0.3 is 14.9 Å². The molecule has 0 bridgehead atoms. The number of amides is 1. The van der Waals surface area contributed by atoms with E-state index >= 15 is 0 Å². The first-order valence-corrected chi connectivity index (χ1v) is 9.75. The van der Waals surface area contributed by atoms with Crippen LogP contribution in [0.3, 0.4) is 0 Å². The molecule has 0 aliphatic carbocycles. The third-order valence-corrected chi connectivity index (χ3v) is 5.13. The van der Waals surface area contributed by atoms with Crippen molar-refractivity contribution in [3.63, 3.8) is 0 Å². The average molecular weight is 392 g/mol. The van der Waals surface area contributed by atoms with Gasteiger partial charge in [0, 0.05) is 26.2 Å². The van der Waals surface area contributed by atoms with Crippen LogP contribution in [0, 0.1) is 6.92 Å². The van der Waals surface area contributed by atoms with Crippen molar-refractivity contribution in [2.75, 3.05) is 13.1 Å². The number of carbonyl (C=O) groups is 1. The number of carbonyl (C=O) groups excluding carboxylic acids is 1. The van der Waals surface area contributed by atoms with E-state index in [1.807, 2.05) is 30.3 Å². The number of aliphatic hydroxyl groups is 1. The van der Waals surface area contributed by atoms with E-state index in [9.17, 15) is 9.90 Å². The van der Waals surface area contributed by atoms with Crippen molar-refractivity contribution in [3.8, 4) is 11.5 Å². The number of β-amino-alcohol motifs (C(OH)–C–C–N with tert-alkyl or cyclic N) is 1. The van der Waals surface area contributed by atoms with Crippen LogP contribution in [0.25, 0.3) is 11.5 Å². The zero-order valence-corrected chi connectivity index (χ0v) is 16.3. The Hall–Kier alpha value is -3.03. The first-order chi connectivity index (χ1) is 14.1. The minimum atomic E-state index is -0.244. The van der Waals surface area contributed by atoms with Gasteiger partial charge in [-0.25, -0.2) is 0 Å². The second-order valence-electron chi connectivity index (χ2n) is 7.32. The maximum absolute atomic E-state index is 12.9. The van der Waals surface area contributed by atoms with E-state index in [0.29, 0.717) is 35.9 Å². The highest BCUT2D eigenvalue weighted by Crippen LogP contribution is 2.22. The molecule has 0 radical (unpaired) electrons. The van der Waals surface area contributed by atoms with Gasteiger partial charge in [0.2, 0.25) is 0 Å². The highest BCUT2D eigenvalue weighted by Gasteiger charge is 2.21. The number of nitrogens with zero attached hydrogens (tertiary/aromatic N) is 3. The zero-order chi connectivity index (χ0) is 20.2. The molecule has 2 heterocycles. The Balaban J connectivity index is 1.47. The summed E-state index contributed by atoms with van der Waals surface area (Å²) in [4.78, 5) is 19.3. The lowest BCUT2D eigenvalue weighted by Crippen LogP contribution is -2.26. The number of benzene rings is 2. The fourth-order valence-electron chi connectivity index (χ4n) is 3.63. The third-order valence-electron chi connectivity index (χ3n) is 5.13. The normalized spacial score (nSPS) is 16.8. The summed E-state index contributed by atoms with van der Waals surface area (Å²) >= 11 is 0. The Labute approximate surface area is 169 Å². The number of aliphatic hydroxyl groups excluding tert-OH is 1. The third kappa shape index (κ3) is 4.52. The second-order valence-corrected chi connectivity index (χ2v) is 7.32. The van der Waals surface area contributed by atoms with Gasteiger partial charge in [-0.2, -0.15) is 4.98 Å². The largest absolute Gasteiger partial charge is 0.392 e. The smallest absolute Gasteiger partial charge is 0.258 e. The van der Waals surface area contributed by atoms with E-state index in [0.717, 1.165) is 30.6 Å². The first-order valence-electron chi connectivity index (χ1n) is 9.75. The monoisotopic (exact) mass is 392 g/mol. The molecule has 1 aromatic heterocycles. The Kier molecular flexibility index (Phi) is 5.69. The van der Waals surface area contributed by atoms with Gasteiger partial charge in [0.1, 0.15) is 0 Å². The van der Waals surface area contributed by atoms with Crippen LogP contribution in [-0.4, -0.2) is 45.2 Å². The SMILES string of the molecule is Cc1noc(-c2ccccc2C(=O)NCc2ccccc2CN2CCC(O)C2)n1. The molecule has 2 aromatic carbocycles.